The maximum Gasteiger partial charge on any atom is 0.254 e. The van der Waals surface area contributed by atoms with E-state index in [1.165, 1.54) is 18.2 Å². The lowest BCUT2D eigenvalue weighted by atomic mass is 10.1. The molecule has 1 N–H and O–H groups in total. The van der Waals surface area contributed by atoms with E-state index in [2.05, 4.69) is 9.97 Å². The highest BCUT2D eigenvalue weighted by molar-refractivity contribution is 6.31. The average Bonchev–Trinajstić information content (AvgIpc) is 2.96. The van der Waals surface area contributed by atoms with Crippen molar-refractivity contribution in [2.75, 3.05) is 19.7 Å². The number of amides is 1. The van der Waals surface area contributed by atoms with Crippen LogP contribution in [0.3, 0.4) is 0 Å². The van der Waals surface area contributed by atoms with E-state index in [1.54, 1.807) is 11.1 Å². The zero-order valence-electron chi connectivity index (χ0n) is 12.0. The molecule has 7 heteroatoms. The molecule has 0 aliphatic carbocycles. The summed E-state index contributed by atoms with van der Waals surface area (Å²) in [4.78, 5) is 21.5. The number of imidazole rings is 1. The number of hydrogen-bond acceptors (Lipinski definition) is 3. The van der Waals surface area contributed by atoms with Crippen molar-refractivity contribution in [2.24, 2.45) is 0 Å². The number of aromatic amines is 1. The summed E-state index contributed by atoms with van der Waals surface area (Å²) in [7, 11) is 0. The van der Waals surface area contributed by atoms with E-state index in [0.29, 0.717) is 31.1 Å². The van der Waals surface area contributed by atoms with Crippen molar-refractivity contribution >= 4 is 17.5 Å². The smallest absolute Gasteiger partial charge is 0.254 e. The van der Waals surface area contributed by atoms with E-state index < -0.39 is 5.82 Å². The number of carbonyl (C=O) groups is 1. The molecule has 5 nitrogen and oxygen atoms in total. The number of halogens is 2. The van der Waals surface area contributed by atoms with Gasteiger partial charge < -0.3 is 14.6 Å². The number of benzene rings is 1. The SMILES string of the molecule is Cc1cnc(C2CN(C(=O)c3ccc(F)c(Cl)c3)CCO2)[nH]1. The third-order valence-electron chi connectivity index (χ3n) is 3.55. The van der Waals surface area contributed by atoms with Gasteiger partial charge in [0.15, 0.2) is 0 Å². The van der Waals surface area contributed by atoms with Crippen molar-refractivity contribution in [2.45, 2.75) is 13.0 Å². The molecule has 1 atom stereocenters. The lowest BCUT2D eigenvalue weighted by molar-refractivity contribution is -0.0264. The Morgan fingerprint density at radius 2 is 2.36 bits per heavy atom. The first-order valence-corrected chi connectivity index (χ1v) is 7.30. The van der Waals surface area contributed by atoms with Crippen molar-refractivity contribution in [1.82, 2.24) is 14.9 Å². The fraction of sp³-hybridized carbons (Fsp3) is 0.333. The number of rotatable bonds is 2. The summed E-state index contributed by atoms with van der Waals surface area (Å²) in [6.07, 6.45) is 1.43. The van der Waals surface area contributed by atoms with E-state index in [9.17, 15) is 9.18 Å². The molecule has 1 aliphatic heterocycles. The second-order valence-electron chi connectivity index (χ2n) is 5.19. The molecule has 1 amide bonds. The summed E-state index contributed by atoms with van der Waals surface area (Å²) in [5.74, 6) is -0.0326. The Hall–Kier alpha value is -1.92. The van der Waals surface area contributed by atoms with Gasteiger partial charge in [-0.2, -0.15) is 0 Å². The predicted octanol–water partition coefficient (Wildman–Crippen LogP) is 2.72. The molecule has 1 unspecified atom stereocenters. The molecule has 2 aromatic rings. The van der Waals surface area contributed by atoms with Crippen LogP contribution in [0, 0.1) is 12.7 Å². The van der Waals surface area contributed by atoms with E-state index >= 15 is 0 Å². The highest BCUT2D eigenvalue weighted by Gasteiger charge is 2.28. The lowest BCUT2D eigenvalue weighted by Gasteiger charge is -2.32. The molecule has 1 saturated heterocycles. The first-order valence-electron chi connectivity index (χ1n) is 6.92. The first kappa shape index (κ1) is 15.0. The van der Waals surface area contributed by atoms with Crippen LogP contribution in [-0.2, 0) is 4.74 Å². The number of aromatic nitrogens is 2. The van der Waals surface area contributed by atoms with Gasteiger partial charge in [-0.3, -0.25) is 4.79 Å². The van der Waals surface area contributed by atoms with E-state index in [1.807, 2.05) is 6.92 Å². The van der Waals surface area contributed by atoms with Gasteiger partial charge in [0, 0.05) is 24.0 Å². The molecule has 1 aliphatic rings. The third kappa shape index (κ3) is 2.98. The van der Waals surface area contributed by atoms with E-state index in [-0.39, 0.29) is 17.0 Å². The van der Waals surface area contributed by atoms with E-state index in [0.717, 1.165) is 5.69 Å². The summed E-state index contributed by atoms with van der Waals surface area (Å²) in [6, 6.07) is 3.98. The number of ether oxygens (including phenoxy) is 1. The molecule has 1 fully saturated rings. The minimum absolute atomic E-state index is 0.0580. The Morgan fingerprint density at radius 1 is 1.55 bits per heavy atom. The highest BCUT2D eigenvalue weighted by atomic mass is 35.5. The van der Waals surface area contributed by atoms with Gasteiger partial charge in [-0.05, 0) is 25.1 Å². The minimum atomic E-state index is -0.538. The second-order valence-corrected chi connectivity index (χ2v) is 5.60. The van der Waals surface area contributed by atoms with Gasteiger partial charge in [0.25, 0.3) is 5.91 Å². The molecule has 1 aromatic heterocycles. The van der Waals surface area contributed by atoms with Crippen LogP contribution in [-0.4, -0.2) is 40.5 Å². The molecule has 2 heterocycles. The van der Waals surface area contributed by atoms with Crippen molar-refractivity contribution in [1.29, 1.82) is 0 Å². The Bertz CT molecular complexity index is 704. The minimum Gasteiger partial charge on any atom is -0.367 e. The molecular formula is C15H15ClFN3O2. The molecule has 0 radical (unpaired) electrons. The van der Waals surface area contributed by atoms with Crippen LogP contribution in [0.25, 0.3) is 0 Å². The second kappa shape index (κ2) is 6.06. The highest BCUT2D eigenvalue weighted by Crippen LogP contribution is 2.22. The molecule has 1 aromatic carbocycles. The summed E-state index contributed by atoms with van der Waals surface area (Å²) in [5, 5.41) is -0.0580. The average molecular weight is 324 g/mol. The predicted molar refractivity (Wildman–Crippen MR) is 79.3 cm³/mol. The number of aryl methyl sites for hydroxylation is 1. The van der Waals surface area contributed by atoms with Gasteiger partial charge in [-0.1, -0.05) is 11.6 Å². The molecule has 22 heavy (non-hydrogen) atoms. The summed E-state index contributed by atoms with van der Waals surface area (Å²) in [6.45, 7) is 3.19. The van der Waals surface area contributed by atoms with Crippen molar-refractivity contribution in [3.63, 3.8) is 0 Å². The number of hydrogen-bond donors (Lipinski definition) is 1. The van der Waals surface area contributed by atoms with E-state index in [4.69, 9.17) is 16.3 Å². The maximum atomic E-state index is 13.2. The standard InChI is InChI=1S/C15H15ClFN3O2/c1-9-7-18-14(19-9)13-8-20(4-5-22-13)15(21)10-2-3-12(17)11(16)6-10/h2-3,6-7,13H,4-5,8H2,1H3,(H,18,19). The van der Waals surface area contributed by atoms with Gasteiger partial charge in [-0.15, -0.1) is 0 Å². The number of nitrogens with zero attached hydrogens (tertiary/aromatic N) is 2. The fourth-order valence-electron chi connectivity index (χ4n) is 2.41. The molecule has 0 spiro atoms. The van der Waals surface area contributed by atoms with Crippen LogP contribution < -0.4 is 0 Å². The fourth-order valence-corrected chi connectivity index (χ4v) is 2.59. The maximum absolute atomic E-state index is 13.2. The van der Waals surface area contributed by atoms with Gasteiger partial charge in [0.2, 0.25) is 0 Å². The zero-order valence-corrected chi connectivity index (χ0v) is 12.7. The topological polar surface area (TPSA) is 58.2 Å². The van der Waals surface area contributed by atoms with Crippen LogP contribution in [0.4, 0.5) is 4.39 Å². The van der Waals surface area contributed by atoms with Gasteiger partial charge in [-0.25, -0.2) is 9.37 Å². The summed E-state index contributed by atoms with van der Waals surface area (Å²) >= 11 is 5.74. The lowest BCUT2D eigenvalue weighted by Crippen LogP contribution is -2.42. The van der Waals surface area contributed by atoms with Crippen LogP contribution >= 0.6 is 11.6 Å². The molecule has 3 rings (SSSR count). The zero-order chi connectivity index (χ0) is 15.7. The van der Waals surface area contributed by atoms with Crippen LogP contribution in [0.2, 0.25) is 5.02 Å². The Balaban J connectivity index is 1.76. The number of nitrogens with one attached hydrogen (secondary N) is 1. The Labute approximate surface area is 132 Å². The van der Waals surface area contributed by atoms with Crippen molar-refractivity contribution in [3.05, 3.63) is 52.3 Å². The Kier molecular flexibility index (Phi) is 4.13. The largest absolute Gasteiger partial charge is 0.367 e. The van der Waals surface area contributed by atoms with Gasteiger partial charge >= 0.3 is 0 Å². The molecule has 0 bridgehead atoms. The normalized spacial score (nSPS) is 18.5. The summed E-state index contributed by atoms with van der Waals surface area (Å²) in [5.41, 5.74) is 1.30. The first-order chi connectivity index (χ1) is 10.5. The molecule has 116 valence electrons. The Morgan fingerprint density at radius 3 is 3.05 bits per heavy atom. The number of H-pyrrole nitrogens is 1. The van der Waals surface area contributed by atoms with Crippen molar-refractivity contribution < 1.29 is 13.9 Å². The third-order valence-corrected chi connectivity index (χ3v) is 3.84. The summed E-state index contributed by atoms with van der Waals surface area (Å²) < 4.78 is 18.9. The molecular weight excluding hydrogens is 309 g/mol. The van der Waals surface area contributed by atoms with Gasteiger partial charge in [0.05, 0.1) is 18.2 Å². The number of carbonyl (C=O) groups excluding carboxylic acids is 1. The molecule has 0 saturated carbocycles. The quantitative estimate of drug-likeness (QED) is 0.924. The monoisotopic (exact) mass is 323 g/mol. The van der Waals surface area contributed by atoms with Crippen LogP contribution in [0.15, 0.2) is 24.4 Å². The van der Waals surface area contributed by atoms with Crippen LogP contribution in [0.5, 0.6) is 0 Å². The van der Waals surface area contributed by atoms with Gasteiger partial charge in [0.1, 0.15) is 17.7 Å². The van der Waals surface area contributed by atoms with Crippen molar-refractivity contribution in [3.8, 4) is 0 Å². The number of morpholine rings is 1. The van der Waals surface area contributed by atoms with Crippen LogP contribution in [0.1, 0.15) is 28.0 Å².